The van der Waals surface area contributed by atoms with Crippen molar-refractivity contribution >= 4 is 29.1 Å². The number of rotatable bonds is 5. The lowest BCUT2D eigenvalue weighted by molar-refractivity contribution is 0.948. The molecule has 0 bridgehead atoms. The Labute approximate surface area is 146 Å². The van der Waals surface area contributed by atoms with Gasteiger partial charge in [0.15, 0.2) is 5.82 Å². The first-order valence-corrected chi connectivity index (χ1v) is 8.00. The first-order chi connectivity index (χ1) is 11.6. The highest BCUT2D eigenvalue weighted by molar-refractivity contribution is 6.30. The highest BCUT2D eigenvalue weighted by Gasteiger charge is 2.04. The second-order valence-corrected chi connectivity index (χ2v) is 6.03. The van der Waals surface area contributed by atoms with Gasteiger partial charge in [0.05, 0.1) is 6.20 Å². The average Bonchev–Trinajstić information content (AvgIpc) is 2.57. The van der Waals surface area contributed by atoms with Gasteiger partial charge in [0, 0.05) is 17.3 Å². The van der Waals surface area contributed by atoms with E-state index in [9.17, 15) is 0 Å². The normalized spacial score (nSPS) is 10.5. The smallest absolute Gasteiger partial charge is 0.244 e. The van der Waals surface area contributed by atoms with Crippen LogP contribution in [-0.2, 0) is 6.54 Å². The minimum absolute atomic E-state index is 0.472. The van der Waals surface area contributed by atoms with Crippen molar-refractivity contribution in [3.63, 3.8) is 0 Å². The molecule has 0 aliphatic carbocycles. The van der Waals surface area contributed by atoms with Crippen molar-refractivity contribution < 1.29 is 0 Å². The van der Waals surface area contributed by atoms with Crippen LogP contribution in [-0.4, -0.2) is 15.2 Å². The summed E-state index contributed by atoms with van der Waals surface area (Å²) in [4.78, 5) is 4.44. The van der Waals surface area contributed by atoms with E-state index in [1.54, 1.807) is 6.20 Å². The summed E-state index contributed by atoms with van der Waals surface area (Å²) < 4.78 is 0. The lowest BCUT2D eigenvalue weighted by Gasteiger charge is -2.10. The molecule has 0 atom stereocenters. The van der Waals surface area contributed by atoms with Gasteiger partial charge in [0.25, 0.3) is 0 Å². The molecule has 1 heterocycles. The van der Waals surface area contributed by atoms with Crippen LogP contribution in [0.15, 0.2) is 48.7 Å². The Balaban J connectivity index is 1.68. The van der Waals surface area contributed by atoms with Crippen LogP contribution >= 0.6 is 11.6 Å². The third kappa shape index (κ3) is 4.20. The molecule has 0 fully saturated rings. The number of hydrogen-bond donors (Lipinski definition) is 2. The molecule has 6 heteroatoms. The third-order valence-corrected chi connectivity index (χ3v) is 3.82. The molecule has 0 spiro atoms. The van der Waals surface area contributed by atoms with Gasteiger partial charge in [-0.3, -0.25) is 0 Å². The molecule has 3 rings (SSSR count). The molecule has 24 heavy (non-hydrogen) atoms. The van der Waals surface area contributed by atoms with Crippen LogP contribution in [0.1, 0.15) is 16.7 Å². The van der Waals surface area contributed by atoms with Crippen molar-refractivity contribution in [2.24, 2.45) is 0 Å². The van der Waals surface area contributed by atoms with Gasteiger partial charge in [0.1, 0.15) is 0 Å². The quantitative estimate of drug-likeness (QED) is 0.716. The summed E-state index contributed by atoms with van der Waals surface area (Å²) in [5.41, 5.74) is 4.48. The van der Waals surface area contributed by atoms with Gasteiger partial charge in [-0.15, -0.1) is 5.10 Å². The van der Waals surface area contributed by atoms with Gasteiger partial charge >= 0.3 is 0 Å². The first kappa shape index (κ1) is 16.2. The van der Waals surface area contributed by atoms with E-state index in [1.807, 2.05) is 30.3 Å². The predicted molar refractivity (Wildman–Crippen MR) is 97.8 cm³/mol. The molecule has 0 aliphatic heterocycles. The number of nitrogens with one attached hydrogen (secondary N) is 2. The topological polar surface area (TPSA) is 62.7 Å². The van der Waals surface area contributed by atoms with E-state index < -0.39 is 0 Å². The summed E-state index contributed by atoms with van der Waals surface area (Å²) in [6, 6.07) is 13.8. The van der Waals surface area contributed by atoms with Crippen LogP contribution in [0.4, 0.5) is 17.5 Å². The van der Waals surface area contributed by atoms with Crippen LogP contribution in [0.5, 0.6) is 0 Å². The Morgan fingerprint density at radius 2 is 1.83 bits per heavy atom. The number of anilines is 3. The van der Waals surface area contributed by atoms with Gasteiger partial charge in [0.2, 0.25) is 5.95 Å². The Kier molecular flexibility index (Phi) is 4.91. The summed E-state index contributed by atoms with van der Waals surface area (Å²) in [7, 11) is 0. The predicted octanol–water partition coefficient (Wildman–Crippen LogP) is 4.50. The van der Waals surface area contributed by atoms with Crippen LogP contribution < -0.4 is 10.6 Å². The molecule has 5 nitrogen and oxygen atoms in total. The molecule has 0 radical (unpaired) electrons. The van der Waals surface area contributed by atoms with Gasteiger partial charge in [-0.05, 0) is 43.2 Å². The first-order valence-electron chi connectivity index (χ1n) is 7.62. The minimum atomic E-state index is 0.472. The van der Waals surface area contributed by atoms with E-state index in [2.05, 4.69) is 51.8 Å². The maximum absolute atomic E-state index is 5.89. The highest BCUT2D eigenvalue weighted by atomic mass is 35.5. The Bertz CT molecular complexity index is 833. The Morgan fingerprint density at radius 3 is 2.58 bits per heavy atom. The largest absolute Gasteiger partial charge is 0.349 e. The molecule has 2 aromatic carbocycles. The molecule has 0 aliphatic rings. The number of nitrogens with zero attached hydrogens (tertiary/aromatic N) is 3. The van der Waals surface area contributed by atoms with Crippen molar-refractivity contribution in [2.45, 2.75) is 20.4 Å². The summed E-state index contributed by atoms with van der Waals surface area (Å²) in [6.45, 7) is 4.73. The standard InChI is InChI=1S/C18H18ClN5/c1-12-3-8-16(13(2)9-12)22-17-11-21-24-18(23-17)20-10-14-4-6-15(19)7-5-14/h3-9,11H,10H2,1-2H3,(H2,20,22,23,24). The molecule has 122 valence electrons. The van der Waals surface area contributed by atoms with E-state index >= 15 is 0 Å². The molecule has 3 aromatic rings. The van der Waals surface area contributed by atoms with Gasteiger partial charge in [-0.2, -0.15) is 10.1 Å². The fourth-order valence-corrected chi connectivity index (χ4v) is 2.44. The fourth-order valence-electron chi connectivity index (χ4n) is 2.31. The lowest BCUT2D eigenvalue weighted by atomic mass is 10.1. The van der Waals surface area contributed by atoms with E-state index in [-0.39, 0.29) is 0 Å². The lowest BCUT2D eigenvalue weighted by Crippen LogP contribution is -2.06. The Morgan fingerprint density at radius 1 is 1.04 bits per heavy atom. The third-order valence-electron chi connectivity index (χ3n) is 3.57. The number of benzene rings is 2. The summed E-state index contributed by atoms with van der Waals surface area (Å²) in [5.74, 6) is 1.12. The van der Waals surface area contributed by atoms with E-state index in [0.717, 1.165) is 21.8 Å². The van der Waals surface area contributed by atoms with Crippen molar-refractivity contribution in [3.05, 3.63) is 70.4 Å². The number of halogens is 1. The van der Waals surface area contributed by atoms with Crippen molar-refractivity contribution in [1.29, 1.82) is 0 Å². The second kappa shape index (κ2) is 7.27. The van der Waals surface area contributed by atoms with E-state index in [1.165, 1.54) is 5.56 Å². The van der Waals surface area contributed by atoms with Gasteiger partial charge in [-0.25, -0.2) is 0 Å². The van der Waals surface area contributed by atoms with E-state index in [0.29, 0.717) is 18.3 Å². The molecular formula is C18H18ClN5. The van der Waals surface area contributed by atoms with Crippen LogP contribution in [0.25, 0.3) is 0 Å². The summed E-state index contributed by atoms with van der Waals surface area (Å²) in [5, 5.41) is 15.2. The summed E-state index contributed by atoms with van der Waals surface area (Å²) in [6.07, 6.45) is 1.60. The molecule has 1 aromatic heterocycles. The molecule has 0 unspecified atom stereocenters. The van der Waals surface area contributed by atoms with Crippen LogP contribution in [0.2, 0.25) is 5.02 Å². The van der Waals surface area contributed by atoms with Crippen molar-refractivity contribution in [1.82, 2.24) is 15.2 Å². The molecule has 0 amide bonds. The summed E-state index contributed by atoms with van der Waals surface area (Å²) >= 11 is 5.89. The van der Waals surface area contributed by atoms with Gasteiger partial charge < -0.3 is 10.6 Å². The van der Waals surface area contributed by atoms with E-state index in [4.69, 9.17) is 11.6 Å². The SMILES string of the molecule is Cc1ccc(Nc2cnnc(NCc3ccc(Cl)cc3)n2)c(C)c1. The molecule has 2 N–H and O–H groups in total. The number of hydrogen-bond acceptors (Lipinski definition) is 5. The zero-order valence-corrected chi connectivity index (χ0v) is 14.3. The van der Waals surface area contributed by atoms with Crippen LogP contribution in [0.3, 0.4) is 0 Å². The molecule has 0 saturated carbocycles. The molecule has 0 saturated heterocycles. The number of aromatic nitrogens is 3. The van der Waals surface area contributed by atoms with Crippen molar-refractivity contribution in [3.8, 4) is 0 Å². The van der Waals surface area contributed by atoms with Crippen LogP contribution in [0, 0.1) is 13.8 Å². The maximum Gasteiger partial charge on any atom is 0.244 e. The Hall–Kier alpha value is -2.66. The zero-order chi connectivity index (χ0) is 16.9. The second-order valence-electron chi connectivity index (χ2n) is 5.59. The molecular weight excluding hydrogens is 322 g/mol. The number of aryl methyl sites for hydroxylation is 2. The van der Waals surface area contributed by atoms with Crippen molar-refractivity contribution in [2.75, 3.05) is 10.6 Å². The van der Waals surface area contributed by atoms with Gasteiger partial charge in [-0.1, -0.05) is 41.4 Å². The monoisotopic (exact) mass is 339 g/mol. The zero-order valence-electron chi connectivity index (χ0n) is 13.5. The maximum atomic E-state index is 5.89. The minimum Gasteiger partial charge on any atom is -0.349 e. The highest BCUT2D eigenvalue weighted by Crippen LogP contribution is 2.20. The average molecular weight is 340 g/mol. The fraction of sp³-hybridized carbons (Fsp3) is 0.167.